The summed E-state index contributed by atoms with van der Waals surface area (Å²) in [4.78, 5) is 26.6. The average Bonchev–Trinajstić information content (AvgIpc) is 3.01. The highest BCUT2D eigenvalue weighted by molar-refractivity contribution is 5.86. The lowest BCUT2D eigenvalue weighted by Crippen LogP contribution is -2.52. The second-order valence-corrected chi connectivity index (χ2v) is 12.5. The summed E-state index contributed by atoms with van der Waals surface area (Å²) in [6.07, 6.45) is 17.1. The maximum absolute atomic E-state index is 13.8. The maximum Gasteiger partial charge on any atom is 0.314 e. The zero-order valence-corrected chi connectivity index (χ0v) is 27.1. The number of cyclic esters (lactones) is 1. The molecule has 1 N–H and O–H groups in total. The summed E-state index contributed by atoms with van der Waals surface area (Å²) in [7, 11) is 0. The third kappa shape index (κ3) is 10.4. The largest absolute Gasteiger partial charge is 0.494 e. The van der Waals surface area contributed by atoms with Crippen LogP contribution in [0, 0.1) is 5.92 Å². The number of benzene rings is 2. The molecule has 1 aliphatic heterocycles. The summed E-state index contributed by atoms with van der Waals surface area (Å²) >= 11 is 0. The molecule has 43 heavy (non-hydrogen) atoms. The van der Waals surface area contributed by atoms with Gasteiger partial charge >= 0.3 is 11.9 Å². The quantitative estimate of drug-likeness (QED) is 0.115. The molecule has 5 nitrogen and oxygen atoms in total. The van der Waals surface area contributed by atoms with E-state index in [2.05, 4.69) is 20.8 Å². The number of carboxylic acid groups (broad SMARTS) is 1. The van der Waals surface area contributed by atoms with Crippen molar-refractivity contribution in [2.45, 2.75) is 141 Å². The fraction of sp³-hybridized carbons (Fsp3) is 0.632. The third-order valence-electron chi connectivity index (χ3n) is 9.17. The van der Waals surface area contributed by atoms with Crippen LogP contribution in [-0.4, -0.2) is 29.3 Å². The minimum atomic E-state index is -0.926. The van der Waals surface area contributed by atoms with Crippen LogP contribution >= 0.6 is 0 Å². The standard InChI is InChI=1S/C38H56O5/c1-4-7-10-13-14-19-28-42-31-24-22-30(23-25-31)32-20-15-16-21-33(32)34-29-35(36(39)40)38(43-37(34)41,26-17-11-8-5-2)27-18-12-9-6-3/h15-16,20-25,34-35H,4-14,17-19,26-29H2,1-3H3,(H,39,40)/t34?,35-/m1/s1. The molecule has 1 heterocycles. The molecule has 2 aromatic rings. The lowest BCUT2D eigenvalue weighted by molar-refractivity contribution is -0.190. The molecule has 1 aliphatic rings. The molecule has 2 atom stereocenters. The van der Waals surface area contributed by atoms with Gasteiger partial charge in [-0.05, 0) is 67.3 Å². The van der Waals surface area contributed by atoms with Crippen LogP contribution in [0.5, 0.6) is 5.75 Å². The Morgan fingerprint density at radius 3 is 1.95 bits per heavy atom. The van der Waals surface area contributed by atoms with Crippen molar-refractivity contribution in [1.29, 1.82) is 0 Å². The van der Waals surface area contributed by atoms with E-state index in [-0.39, 0.29) is 12.4 Å². The van der Waals surface area contributed by atoms with E-state index < -0.39 is 23.4 Å². The minimum absolute atomic E-state index is 0.270. The van der Waals surface area contributed by atoms with Crippen molar-refractivity contribution in [1.82, 2.24) is 0 Å². The number of unbranched alkanes of at least 4 members (excludes halogenated alkanes) is 11. The van der Waals surface area contributed by atoms with Crippen LogP contribution in [0.4, 0.5) is 0 Å². The maximum atomic E-state index is 13.8. The molecule has 0 bridgehead atoms. The van der Waals surface area contributed by atoms with Crippen molar-refractivity contribution in [3.05, 3.63) is 54.1 Å². The zero-order chi connectivity index (χ0) is 30.9. The second kappa shape index (κ2) is 18.8. The van der Waals surface area contributed by atoms with Gasteiger partial charge in [-0.1, -0.05) is 128 Å². The van der Waals surface area contributed by atoms with Crippen molar-refractivity contribution in [3.8, 4) is 16.9 Å². The Hall–Kier alpha value is -2.82. The summed E-state index contributed by atoms with van der Waals surface area (Å²) in [5, 5.41) is 10.5. The lowest BCUT2D eigenvalue weighted by atomic mass is 9.70. The van der Waals surface area contributed by atoms with Crippen molar-refractivity contribution in [3.63, 3.8) is 0 Å². The van der Waals surface area contributed by atoms with Gasteiger partial charge < -0.3 is 14.6 Å². The van der Waals surface area contributed by atoms with Crippen LogP contribution < -0.4 is 4.74 Å². The highest BCUT2D eigenvalue weighted by Crippen LogP contribution is 2.47. The van der Waals surface area contributed by atoms with Crippen LogP contribution in [0.3, 0.4) is 0 Å². The van der Waals surface area contributed by atoms with Crippen LogP contribution in [0.2, 0.25) is 0 Å². The van der Waals surface area contributed by atoms with Gasteiger partial charge in [0.25, 0.3) is 0 Å². The normalized spacial score (nSPS) is 17.9. The number of rotatable bonds is 21. The van der Waals surface area contributed by atoms with Gasteiger partial charge in [-0.3, -0.25) is 9.59 Å². The van der Waals surface area contributed by atoms with Gasteiger partial charge in [0, 0.05) is 0 Å². The third-order valence-corrected chi connectivity index (χ3v) is 9.17. The fourth-order valence-electron chi connectivity index (χ4n) is 6.61. The Kier molecular flexibility index (Phi) is 15.1. The molecular formula is C38H56O5. The summed E-state index contributed by atoms with van der Waals surface area (Å²) in [6, 6.07) is 15.9. The van der Waals surface area contributed by atoms with E-state index in [4.69, 9.17) is 9.47 Å². The Morgan fingerprint density at radius 2 is 1.35 bits per heavy atom. The first kappa shape index (κ1) is 34.7. The number of carbonyl (C=O) groups excluding carboxylic acids is 1. The van der Waals surface area contributed by atoms with E-state index in [0.717, 1.165) is 80.2 Å². The van der Waals surface area contributed by atoms with E-state index in [1.807, 2.05) is 48.5 Å². The molecule has 2 aromatic carbocycles. The Bertz CT molecular complexity index is 1080. The van der Waals surface area contributed by atoms with E-state index in [0.29, 0.717) is 19.4 Å². The molecule has 5 heteroatoms. The Balaban J connectivity index is 1.76. The van der Waals surface area contributed by atoms with Gasteiger partial charge in [0.1, 0.15) is 11.4 Å². The van der Waals surface area contributed by atoms with Crippen LogP contribution in [0.25, 0.3) is 11.1 Å². The highest BCUT2D eigenvalue weighted by atomic mass is 16.6. The summed E-state index contributed by atoms with van der Waals surface area (Å²) in [5.41, 5.74) is 1.84. The van der Waals surface area contributed by atoms with Crippen LogP contribution in [0.1, 0.15) is 141 Å². The number of esters is 1. The Labute approximate surface area is 260 Å². The van der Waals surface area contributed by atoms with Gasteiger partial charge in [0.05, 0.1) is 18.4 Å². The molecule has 1 saturated heterocycles. The first-order chi connectivity index (χ1) is 21.0. The number of hydrogen-bond donors (Lipinski definition) is 1. The van der Waals surface area contributed by atoms with Crippen LogP contribution in [0.15, 0.2) is 48.5 Å². The van der Waals surface area contributed by atoms with E-state index in [9.17, 15) is 14.7 Å². The molecule has 0 amide bonds. The molecule has 0 saturated carbocycles. The topological polar surface area (TPSA) is 72.8 Å². The van der Waals surface area contributed by atoms with Gasteiger partial charge in [-0.2, -0.15) is 0 Å². The van der Waals surface area contributed by atoms with Gasteiger partial charge in [0.15, 0.2) is 0 Å². The first-order valence-corrected chi connectivity index (χ1v) is 17.2. The smallest absolute Gasteiger partial charge is 0.314 e. The predicted octanol–water partition coefficient (Wildman–Crippen LogP) is 10.5. The lowest BCUT2D eigenvalue weighted by Gasteiger charge is -2.44. The summed E-state index contributed by atoms with van der Waals surface area (Å²) in [5.74, 6) is -1.62. The number of carboxylic acids is 1. The second-order valence-electron chi connectivity index (χ2n) is 12.5. The monoisotopic (exact) mass is 592 g/mol. The molecule has 3 rings (SSSR count). The van der Waals surface area contributed by atoms with Gasteiger partial charge in [-0.15, -0.1) is 0 Å². The average molecular weight is 593 g/mol. The SMILES string of the molecule is CCCCCCCCOc1ccc(-c2ccccc2C2C[C@H](C(=O)O)C(CCCCCC)(CCCCCC)OC2=O)cc1. The van der Waals surface area contributed by atoms with Crippen LogP contribution in [-0.2, 0) is 14.3 Å². The first-order valence-electron chi connectivity index (χ1n) is 17.2. The zero-order valence-electron chi connectivity index (χ0n) is 27.1. The molecule has 0 aromatic heterocycles. The van der Waals surface area contributed by atoms with Gasteiger partial charge in [0.2, 0.25) is 0 Å². The highest BCUT2D eigenvalue weighted by Gasteiger charge is 2.52. The number of carbonyl (C=O) groups is 2. The number of hydrogen-bond acceptors (Lipinski definition) is 4. The summed E-state index contributed by atoms with van der Waals surface area (Å²) in [6.45, 7) is 7.28. The fourth-order valence-corrected chi connectivity index (χ4v) is 6.61. The van der Waals surface area contributed by atoms with Gasteiger partial charge in [-0.25, -0.2) is 0 Å². The van der Waals surface area contributed by atoms with E-state index >= 15 is 0 Å². The molecule has 1 fully saturated rings. The minimum Gasteiger partial charge on any atom is -0.494 e. The van der Waals surface area contributed by atoms with E-state index in [1.165, 1.54) is 32.1 Å². The summed E-state index contributed by atoms with van der Waals surface area (Å²) < 4.78 is 12.3. The van der Waals surface area contributed by atoms with Crippen molar-refractivity contribution >= 4 is 11.9 Å². The molecule has 0 spiro atoms. The number of aliphatic carboxylic acids is 1. The van der Waals surface area contributed by atoms with Crippen molar-refractivity contribution < 1.29 is 24.2 Å². The van der Waals surface area contributed by atoms with Crippen molar-refractivity contribution in [2.24, 2.45) is 5.92 Å². The number of ether oxygens (including phenoxy) is 2. The molecule has 0 aliphatic carbocycles. The molecule has 238 valence electrons. The van der Waals surface area contributed by atoms with Crippen molar-refractivity contribution in [2.75, 3.05) is 6.61 Å². The molecule has 1 unspecified atom stereocenters. The molecular weight excluding hydrogens is 536 g/mol. The van der Waals surface area contributed by atoms with E-state index in [1.54, 1.807) is 0 Å². The predicted molar refractivity (Wildman–Crippen MR) is 176 cm³/mol. The Morgan fingerprint density at radius 1 is 0.791 bits per heavy atom. The molecule has 0 radical (unpaired) electrons.